The Kier molecular flexibility index (Phi) is 6.12. The van der Waals surface area contributed by atoms with Crippen LogP contribution in [-0.4, -0.2) is 56.3 Å². The molecule has 0 N–H and O–H groups in total. The first-order chi connectivity index (χ1) is 12.2. The van der Waals surface area contributed by atoms with Gasteiger partial charge in [-0.2, -0.15) is 0 Å². The molecule has 3 rings (SSSR count). The zero-order valence-electron chi connectivity index (χ0n) is 15.1. The summed E-state index contributed by atoms with van der Waals surface area (Å²) in [6, 6.07) is 12.1. The summed E-state index contributed by atoms with van der Waals surface area (Å²) in [6.07, 6.45) is 3.07. The van der Waals surface area contributed by atoms with Gasteiger partial charge in [0.1, 0.15) is 18.1 Å². The summed E-state index contributed by atoms with van der Waals surface area (Å²) in [7, 11) is 1.67. The predicted molar refractivity (Wildman–Crippen MR) is 101 cm³/mol. The Labute approximate surface area is 150 Å². The maximum absolute atomic E-state index is 5.88. The highest BCUT2D eigenvalue weighted by Crippen LogP contribution is 2.19. The summed E-state index contributed by atoms with van der Waals surface area (Å²) in [5.41, 5.74) is 2.35. The maximum Gasteiger partial charge on any atom is 0.123 e. The zero-order valence-corrected chi connectivity index (χ0v) is 15.1. The van der Waals surface area contributed by atoms with E-state index in [0.29, 0.717) is 6.61 Å². The Morgan fingerprint density at radius 1 is 1.04 bits per heavy atom. The number of benzene rings is 1. The fraction of sp³-hybridized carbons (Fsp3) is 0.450. The molecule has 134 valence electrons. The van der Waals surface area contributed by atoms with Gasteiger partial charge in [0.25, 0.3) is 0 Å². The Morgan fingerprint density at radius 3 is 2.76 bits per heavy atom. The lowest BCUT2D eigenvalue weighted by Gasteiger charge is -2.23. The Bertz CT molecular complexity index is 677. The Morgan fingerprint density at radius 2 is 1.92 bits per heavy atom. The van der Waals surface area contributed by atoms with Gasteiger partial charge >= 0.3 is 0 Å². The molecule has 1 fully saturated rings. The monoisotopic (exact) mass is 341 g/mol. The number of ether oxygens (including phenoxy) is 2. The molecule has 2 aromatic rings. The summed E-state index contributed by atoms with van der Waals surface area (Å²) < 4.78 is 11.1. The van der Waals surface area contributed by atoms with Crippen molar-refractivity contribution in [1.82, 2.24) is 9.88 Å². The molecule has 1 aromatic heterocycles. The largest absolute Gasteiger partial charge is 0.497 e. The van der Waals surface area contributed by atoms with Crippen molar-refractivity contribution in [3.05, 3.63) is 48.3 Å². The van der Waals surface area contributed by atoms with Gasteiger partial charge in [-0.25, -0.2) is 0 Å². The van der Waals surface area contributed by atoms with Crippen LogP contribution in [0.15, 0.2) is 42.6 Å². The minimum atomic E-state index is 0.696. The van der Waals surface area contributed by atoms with E-state index >= 15 is 0 Å². The van der Waals surface area contributed by atoms with Crippen molar-refractivity contribution < 1.29 is 9.47 Å². The molecule has 5 nitrogen and oxygen atoms in total. The number of hydrogen-bond donors (Lipinski definition) is 0. The van der Waals surface area contributed by atoms with E-state index in [-0.39, 0.29) is 0 Å². The maximum atomic E-state index is 5.88. The van der Waals surface area contributed by atoms with Gasteiger partial charge in [0.05, 0.1) is 7.11 Å². The molecule has 1 aromatic carbocycles. The standard InChI is InChI=1S/C20H27N3O2/c1-17-15-18(7-8-21-17)23-10-4-9-22(11-12-23)13-14-25-20-6-3-5-19(16-20)24-2/h3,5-8,15-16H,4,9-14H2,1-2H3. The van der Waals surface area contributed by atoms with Crippen LogP contribution in [0.5, 0.6) is 11.5 Å². The van der Waals surface area contributed by atoms with Crippen LogP contribution in [-0.2, 0) is 0 Å². The van der Waals surface area contributed by atoms with Crippen LogP contribution in [0.3, 0.4) is 0 Å². The van der Waals surface area contributed by atoms with E-state index in [2.05, 4.69) is 26.9 Å². The van der Waals surface area contributed by atoms with Gasteiger partial charge in [-0.3, -0.25) is 9.88 Å². The number of nitrogens with zero attached hydrogens (tertiary/aromatic N) is 3. The normalized spacial score (nSPS) is 15.7. The van der Waals surface area contributed by atoms with Crippen molar-refractivity contribution in [2.24, 2.45) is 0 Å². The number of aryl methyl sites for hydroxylation is 1. The van der Waals surface area contributed by atoms with E-state index in [1.54, 1.807) is 7.11 Å². The third-order valence-corrected chi connectivity index (χ3v) is 4.55. The summed E-state index contributed by atoms with van der Waals surface area (Å²) in [6.45, 7) is 8.00. The predicted octanol–water partition coefficient (Wildman–Crippen LogP) is 2.99. The van der Waals surface area contributed by atoms with Crippen LogP contribution >= 0.6 is 0 Å². The molecule has 25 heavy (non-hydrogen) atoms. The van der Waals surface area contributed by atoms with E-state index in [0.717, 1.165) is 49.9 Å². The molecule has 0 spiro atoms. The summed E-state index contributed by atoms with van der Waals surface area (Å²) >= 11 is 0. The SMILES string of the molecule is COc1cccc(OCCN2CCCN(c3ccnc(C)c3)CC2)c1. The highest BCUT2D eigenvalue weighted by Gasteiger charge is 2.15. The van der Waals surface area contributed by atoms with E-state index in [1.165, 1.54) is 12.1 Å². The minimum absolute atomic E-state index is 0.696. The second-order valence-electron chi connectivity index (χ2n) is 6.37. The van der Waals surface area contributed by atoms with E-state index in [1.807, 2.05) is 37.4 Å². The van der Waals surface area contributed by atoms with Crippen LogP contribution < -0.4 is 14.4 Å². The number of methoxy groups -OCH3 is 1. The van der Waals surface area contributed by atoms with Crippen LogP contribution in [0.2, 0.25) is 0 Å². The molecule has 1 aliphatic heterocycles. The molecular formula is C20H27N3O2. The molecule has 5 heteroatoms. The van der Waals surface area contributed by atoms with Crippen LogP contribution in [0, 0.1) is 6.92 Å². The Balaban J connectivity index is 1.46. The summed E-state index contributed by atoms with van der Waals surface area (Å²) in [5.74, 6) is 1.69. The molecule has 2 heterocycles. The molecule has 0 radical (unpaired) electrons. The topological polar surface area (TPSA) is 37.8 Å². The van der Waals surface area contributed by atoms with Crippen molar-refractivity contribution in [1.29, 1.82) is 0 Å². The van der Waals surface area contributed by atoms with Crippen LogP contribution in [0.1, 0.15) is 12.1 Å². The molecule has 0 bridgehead atoms. The number of aromatic nitrogens is 1. The fourth-order valence-electron chi connectivity index (χ4n) is 3.16. The van der Waals surface area contributed by atoms with Gasteiger partial charge in [-0.15, -0.1) is 0 Å². The average Bonchev–Trinajstić information content (AvgIpc) is 2.88. The lowest BCUT2D eigenvalue weighted by atomic mass is 10.3. The first-order valence-electron chi connectivity index (χ1n) is 8.91. The third kappa shape index (κ3) is 5.10. The number of pyridine rings is 1. The van der Waals surface area contributed by atoms with Crippen LogP contribution in [0.25, 0.3) is 0 Å². The van der Waals surface area contributed by atoms with E-state index in [9.17, 15) is 0 Å². The van der Waals surface area contributed by atoms with Crippen LogP contribution in [0.4, 0.5) is 5.69 Å². The number of hydrogen-bond acceptors (Lipinski definition) is 5. The van der Waals surface area contributed by atoms with Crippen molar-refractivity contribution in [3.8, 4) is 11.5 Å². The smallest absolute Gasteiger partial charge is 0.123 e. The second-order valence-corrected chi connectivity index (χ2v) is 6.37. The van der Waals surface area contributed by atoms with Crippen molar-refractivity contribution in [2.45, 2.75) is 13.3 Å². The minimum Gasteiger partial charge on any atom is -0.497 e. The van der Waals surface area contributed by atoms with Gasteiger partial charge in [-0.1, -0.05) is 6.07 Å². The quantitative estimate of drug-likeness (QED) is 0.807. The van der Waals surface area contributed by atoms with Crippen molar-refractivity contribution in [3.63, 3.8) is 0 Å². The highest BCUT2D eigenvalue weighted by molar-refractivity contribution is 5.46. The van der Waals surface area contributed by atoms with Gasteiger partial charge in [0.2, 0.25) is 0 Å². The molecule has 0 unspecified atom stereocenters. The molecule has 0 aliphatic carbocycles. The molecule has 1 saturated heterocycles. The first-order valence-corrected chi connectivity index (χ1v) is 8.91. The number of anilines is 1. The molecule has 0 atom stereocenters. The van der Waals surface area contributed by atoms with Gasteiger partial charge < -0.3 is 14.4 Å². The van der Waals surface area contributed by atoms with Gasteiger partial charge in [-0.05, 0) is 37.6 Å². The lowest BCUT2D eigenvalue weighted by Crippen LogP contribution is -2.33. The van der Waals surface area contributed by atoms with E-state index in [4.69, 9.17) is 9.47 Å². The van der Waals surface area contributed by atoms with Crippen molar-refractivity contribution >= 4 is 5.69 Å². The average molecular weight is 341 g/mol. The second kappa shape index (κ2) is 8.72. The third-order valence-electron chi connectivity index (χ3n) is 4.55. The zero-order chi connectivity index (χ0) is 17.5. The Hall–Kier alpha value is -2.27. The first kappa shape index (κ1) is 17.5. The molecule has 1 aliphatic rings. The highest BCUT2D eigenvalue weighted by atomic mass is 16.5. The van der Waals surface area contributed by atoms with Gasteiger partial charge in [0.15, 0.2) is 0 Å². The summed E-state index contributed by atoms with van der Waals surface area (Å²) in [5, 5.41) is 0. The molecule has 0 amide bonds. The van der Waals surface area contributed by atoms with Crippen molar-refractivity contribution in [2.75, 3.05) is 51.3 Å². The van der Waals surface area contributed by atoms with Gasteiger partial charge in [0, 0.05) is 56.4 Å². The summed E-state index contributed by atoms with van der Waals surface area (Å²) in [4.78, 5) is 9.23. The molecular weight excluding hydrogens is 314 g/mol. The number of rotatable bonds is 6. The molecule has 0 saturated carbocycles. The lowest BCUT2D eigenvalue weighted by molar-refractivity contribution is 0.217. The fourth-order valence-corrected chi connectivity index (χ4v) is 3.16. The van der Waals surface area contributed by atoms with E-state index < -0.39 is 0 Å².